The standard InChI is InChI=1S/C13H10Cl2N4O/c1-8(20-10-4-2-3-9(14)7-10)12-17-18-13-11(15)16-5-6-19(12)13/h2-8H,1H3. The third kappa shape index (κ3) is 2.42. The Kier molecular flexibility index (Phi) is 3.46. The summed E-state index contributed by atoms with van der Waals surface area (Å²) in [6.45, 7) is 1.88. The summed E-state index contributed by atoms with van der Waals surface area (Å²) in [6, 6.07) is 7.19. The molecule has 0 amide bonds. The van der Waals surface area contributed by atoms with Crippen LogP contribution in [0, 0.1) is 0 Å². The summed E-state index contributed by atoms with van der Waals surface area (Å²) in [6.07, 6.45) is 3.03. The quantitative estimate of drug-likeness (QED) is 0.742. The van der Waals surface area contributed by atoms with Crippen molar-refractivity contribution in [2.45, 2.75) is 13.0 Å². The number of ether oxygens (including phenoxy) is 1. The first-order valence-electron chi connectivity index (χ1n) is 5.92. The maximum Gasteiger partial charge on any atom is 0.198 e. The molecule has 0 saturated carbocycles. The molecule has 2 heterocycles. The molecule has 3 rings (SSSR count). The van der Waals surface area contributed by atoms with Crippen LogP contribution in [-0.2, 0) is 0 Å². The van der Waals surface area contributed by atoms with Crippen molar-refractivity contribution in [3.05, 3.63) is 52.7 Å². The van der Waals surface area contributed by atoms with Crippen LogP contribution in [0.2, 0.25) is 10.2 Å². The van der Waals surface area contributed by atoms with Crippen molar-refractivity contribution in [1.29, 1.82) is 0 Å². The average molecular weight is 309 g/mol. The zero-order valence-electron chi connectivity index (χ0n) is 10.5. The van der Waals surface area contributed by atoms with E-state index in [-0.39, 0.29) is 6.10 Å². The second kappa shape index (κ2) is 5.26. The number of benzene rings is 1. The Morgan fingerprint density at radius 1 is 1.25 bits per heavy atom. The molecule has 0 N–H and O–H groups in total. The van der Waals surface area contributed by atoms with Gasteiger partial charge in [0.05, 0.1) is 0 Å². The normalized spacial score (nSPS) is 12.6. The first kappa shape index (κ1) is 13.1. The Morgan fingerprint density at radius 3 is 2.90 bits per heavy atom. The van der Waals surface area contributed by atoms with E-state index in [1.54, 1.807) is 28.9 Å². The van der Waals surface area contributed by atoms with E-state index in [4.69, 9.17) is 27.9 Å². The van der Waals surface area contributed by atoms with E-state index < -0.39 is 0 Å². The van der Waals surface area contributed by atoms with E-state index in [0.29, 0.717) is 27.4 Å². The van der Waals surface area contributed by atoms with Crippen LogP contribution in [-0.4, -0.2) is 19.6 Å². The molecular formula is C13H10Cl2N4O. The van der Waals surface area contributed by atoms with Crippen molar-refractivity contribution in [2.75, 3.05) is 0 Å². The molecule has 1 atom stereocenters. The molecule has 0 saturated heterocycles. The zero-order chi connectivity index (χ0) is 14.1. The Hall–Kier alpha value is -1.85. The fourth-order valence-corrected chi connectivity index (χ4v) is 2.25. The summed E-state index contributed by atoms with van der Waals surface area (Å²) < 4.78 is 7.57. The van der Waals surface area contributed by atoms with Crippen LogP contribution in [0.1, 0.15) is 18.9 Å². The molecule has 0 radical (unpaired) electrons. The van der Waals surface area contributed by atoms with Gasteiger partial charge in [-0.1, -0.05) is 29.3 Å². The summed E-state index contributed by atoms with van der Waals surface area (Å²) in [4.78, 5) is 3.96. The van der Waals surface area contributed by atoms with Crippen LogP contribution in [0.5, 0.6) is 5.75 Å². The molecule has 1 unspecified atom stereocenters. The highest BCUT2D eigenvalue weighted by atomic mass is 35.5. The van der Waals surface area contributed by atoms with Crippen LogP contribution < -0.4 is 4.74 Å². The predicted octanol–water partition coefficient (Wildman–Crippen LogP) is 3.57. The molecule has 0 bridgehead atoms. The van der Waals surface area contributed by atoms with Crippen molar-refractivity contribution in [1.82, 2.24) is 19.6 Å². The monoisotopic (exact) mass is 308 g/mol. The Balaban J connectivity index is 1.93. The molecule has 0 aliphatic heterocycles. The molecular weight excluding hydrogens is 299 g/mol. The Labute approximate surface area is 125 Å². The zero-order valence-corrected chi connectivity index (χ0v) is 12.0. The number of hydrogen-bond donors (Lipinski definition) is 0. The number of aromatic nitrogens is 4. The maximum atomic E-state index is 5.96. The minimum atomic E-state index is -0.304. The lowest BCUT2D eigenvalue weighted by atomic mass is 10.3. The Morgan fingerprint density at radius 2 is 2.10 bits per heavy atom. The van der Waals surface area contributed by atoms with Crippen LogP contribution in [0.4, 0.5) is 0 Å². The minimum Gasteiger partial charge on any atom is -0.483 e. The molecule has 2 aromatic heterocycles. The molecule has 3 aromatic rings. The van der Waals surface area contributed by atoms with E-state index in [1.807, 2.05) is 19.1 Å². The smallest absolute Gasteiger partial charge is 0.198 e. The molecule has 7 heteroatoms. The lowest BCUT2D eigenvalue weighted by molar-refractivity contribution is 0.215. The number of fused-ring (bicyclic) bond motifs is 1. The maximum absolute atomic E-state index is 5.96. The van der Waals surface area contributed by atoms with Crippen molar-refractivity contribution in [2.24, 2.45) is 0 Å². The van der Waals surface area contributed by atoms with Gasteiger partial charge in [-0.05, 0) is 25.1 Å². The van der Waals surface area contributed by atoms with Crippen LogP contribution >= 0.6 is 23.2 Å². The van der Waals surface area contributed by atoms with Gasteiger partial charge in [0.1, 0.15) is 5.75 Å². The van der Waals surface area contributed by atoms with Crippen molar-refractivity contribution >= 4 is 28.8 Å². The fraction of sp³-hybridized carbons (Fsp3) is 0.154. The molecule has 20 heavy (non-hydrogen) atoms. The van der Waals surface area contributed by atoms with E-state index in [1.165, 1.54) is 0 Å². The molecule has 0 aliphatic rings. The molecule has 1 aromatic carbocycles. The number of rotatable bonds is 3. The van der Waals surface area contributed by atoms with Crippen molar-refractivity contribution in [3.63, 3.8) is 0 Å². The van der Waals surface area contributed by atoms with Gasteiger partial charge in [0.2, 0.25) is 0 Å². The van der Waals surface area contributed by atoms with Crippen molar-refractivity contribution in [3.8, 4) is 5.75 Å². The van der Waals surface area contributed by atoms with Gasteiger partial charge in [-0.15, -0.1) is 10.2 Å². The average Bonchev–Trinajstić information content (AvgIpc) is 2.84. The summed E-state index contributed by atoms with van der Waals surface area (Å²) in [5, 5.41) is 9.04. The molecule has 0 aliphatic carbocycles. The lowest BCUT2D eigenvalue weighted by Crippen LogP contribution is -2.08. The summed E-state index contributed by atoms with van der Waals surface area (Å²) >= 11 is 11.9. The van der Waals surface area contributed by atoms with E-state index in [2.05, 4.69) is 15.2 Å². The first-order chi connectivity index (χ1) is 9.65. The van der Waals surface area contributed by atoms with Gasteiger partial charge in [-0.25, -0.2) is 4.98 Å². The summed E-state index contributed by atoms with van der Waals surface area (Å²) in [5.74, 6) is 1.31. The largest absolute Gasteiger partial charge is 0.483 e. The molecule has 102 valence electrons. The van der Waals surface area contributed by atoms with Gasteiger partial charge in [0.25, 0.3) is 0 Å². The summed E-state index contributed by atoms with van der Waals surface area (Å²) in [7, 11) is 0. The highest BCUT2D eigenvalue weighted by Gasteiger charge is 2.16. The molecule has 5 nitrogen and oxygen atoms in total. The van der Waals surface area contributed by atoms with Gasteiger partial charge >= 0.3 is 0 Å². The number of halogens is 2. The van der Waals surface area contributed by atoms with Gasteiger partial charge in [-0.3, -0.25) is 4.40 Å². The van der Waals surface area contributed by atoms with E-state index >= 15 is 0 Å². The highest BCUT2D eigenvalue weighted by molar-refractivity contribution is 6.32. The first-order valence-corrected chi connectivity index (χ1v) is 6.68. The van der Waals surface area contributed by atoms with Gasteiger partial charge < -0.3 is 4.74 Å². The van der Waals surface area contributed by atoms with Crippen LogP contribution in [0.25, 0.3) is 5.65 Å². The van der Waals surface area contributed by atoms with E-state index in [9.17, 15) is 0 Å². The highest BCUT2D eigenvalue weighted by Crippen LogP contribution is 2.24. The number of nitrogens with zero attached hydrogens (tertiary/aromatic N) is 4. The van der Waals surface area contributed by atoms with Gasteiger partial charge in [-0.2, -0.15) is 0 Å². The second-order valence-corrected chi connectivity index (χ2v) is 4.98. The van der Waals surface area contributed by atoms with Crippen LogP contribution in [0.15, 0.2) is 36.7 Å². The number of hydrogen-bond acceptors (Lipinski definition) is 4. The third-order valence-corrected chi connectivity index (χ3v) is 3.28. The SMILES string of the molecule is CC(Oc1cccc(Cl)c1)c1nnc2c(Cl)nccn12. The topological polar surface area (TPSA) is 52.3 Å². The van der Waals surface area contributed by atoms with E-state index in [0.717, 1.165) is 0 Å². The molecule has 0 spiro atoms. The third-order valence-electron chi connectivity index (χ3n) is 2.78. The fourth-order valence-electron chi connectivity index (χ4n) is 1.89. The lowest BCUT2D eigenvalue weighted by Gasteiger charge is -2.13. The minimum absolute atomic E-state index is 0.304. The van der Waals surface area contributed by atoms with Crippen LogP contribution in [0.3, 0.4) is 0 Å². The van der Waals surface area contributed by atoms with Crippen molar-refractivity contribution < 1.29 is 4.74 Å². The molecule has 0 fully saturated rings. The van der Waals surface area contributed by atoms with Gasteiger partial charge in [0.15, 0.2) is 22.7 Å². The second-order valence-electron chi connectivity index (χ2n) is 4.19. The summed E-state index contributed by atoms with van der Waals surface area (Å²) in [5.41, 5.74) is 0.505. The van der Waals surface area contributed by atoms with Gasteiger partial charge in [0, 0.05) is 17.4 Å². The predicted molar refractivity (Wildman–Crippen MR) is 76.3 cm³/mol. The Bertz CT molecular complexity index is 759.